The van der Waals surface area contributed by atoms with Crippen LogP contribution in [0, 0.1) is 5.41 Å². The van der Waals surface area contributed by atoms with E-state index in [4.69, 9.17) is 14.1 Å². The zero-order valence-corrected chi connectivity index (χ0v) is 28.2. The summed E-state index contributed by atoms with van der Waals surface area (Å²) in [5, 5.41) is 11.9. The highest BCUT2D eigenvalue weighted by atomic mass is 16.5. The number of pyridine rings is 1. The molecule has 3 fully saturated rings. The fraction of sp³-hybridized carbons (Fsp3) is 0.500. The van der Waals surface area contributed by atoms with E-state index < -0.39 is 11.2 Å². The van der Waals surface area contributed by atoms with Crippen LogP contribution in [0.25, 0.3) is 28.1 Å². The van der Waals surface area contributed by atoms with Crippen LogP contribution in [0.4, 0.5) is 5.82 Å². The Morgan fingerprint density at radius 3 is 2.47 bits per heavy atom. The summed E-state index contributed by atoms with van der Waals surface area (Å²) in [6, 6.07) is 11.7. The van der Waals surface area contributed by atoms with Crippen molar-refractivity contribution in [3.63, 3.8) is 0 Å². The number of nitrogens with one attached hydrogen (secondary N) is 1. The molecule has 0 aliphatic carbocycles. The van der Waals surface area contributed by atoms with Crippen LogP contribution in [0.2, 0.25) is 0 Å². The van der Waals surface area contributed by atoms with Gasteiger partial charge in [-0.2, -0.15) is 9.78 Å². The normalized spacial score (nSPS) is 26.3. The fourth-order valence-corrected chi connectivity index (χ4v) is 8.22. The Kier molecular flexibility index (Phi) is 7.98. The molecule has 13 nitrogen and oxygen atoms in total. The van der Waals surface area contributed by atoms with Crippen LogP contribution in [0.3, 0.4) is 0 Å². The molecule has 1 N–H and O–H groups in total. The number of nitrogens with zero attached hydrogens (tertiary/aromatic N) is 7. The third kappa shape index (κ3) is 5.88. The molecule has 8 rings (SSSR count). The summed E-state index contributed by atoms with van der Waals surface area (Å²) in [5.41, 5.74) is 5.19. The standard InChI is InChI=1S/C36H42N8O5/c1-22-18-27(19-23(2)48-22)31-32-28(38-39-31)8-9-29(37-32)44-17-13-36(34(44)46)12-16-42(21-36)20-30(45)43-14-10-25(11-15-43)24-4-6-26(7-5-24)33-40-41(3)35(47)49-33/h4-10,22-23,27H,11-21H2,1-3H3,(H,38,39)/t22-,23+,27?,36-/m0/s1. The second-order valence-corrected chi connectivity index (χ2v) is 14.2. The number of amides is 2. The number of rotatable bonds is 6. The van der Waals surface area contributed by atoms with Gasteiger partial charge in [0, 0.05) is 44.7 Å². The van der Waals surface area contributed by atoms with E-state index in [0.29, 0.717) is 44.4 Å². The molecule has 4 aromatic rings. The quantitative estimate of drug-likeness (QED) is 0.326. The van der Waals surface area contributed by atoms with E-state index in [1.807, 2.05) is 46.2 Å². The maximum atomic E-state index is 14.0. The number of hydrogen-bond acceptors (Lipinski definition) is 9. The third-order valence-corrected chi connectivity index (χ3v) is 10.8. The first-order valence-corrected chi connectivity index (χ1v) is 17.3. The fourth-order valence-electron chi connectivity index (χ4n) is 8.22. The van der Waals surface area contributed by atoms with Crippen LogP contribution in [0.1, 0.15) is 63.1 Å². The van der Waals surface area contributed by atoms with Crippen molar-refractivity contribution in [1.29, 1.82) is 0 Å². The van der Waals surface area contributed by atoms with Crippen molar-refractivity contribution in [3.05, 3.63) is 64.3 Å². The predicted octanol–water partition coefficient (Wildman–Crippen LogP) is 3.73. The van der Waals surface area contributed by atoms with E-state index >= 15 is 0 Å². The molecular formula is C36H42N8O5. The molecule has 0 radical (unpaired) electrons. The molecule has 1 unspecified atom stereocenters. The van der Waals surface area contributed by atoms with Crippen LogP contribution in [0.15, 0.2) is 51.7 Å². The van der Waals surface area contributed by atoms with Gasteiger partial charge in [0.05, 0.1) is 35.4 Å². The van der Waals surface area contributed by atoms with Crippen molar-refractivity contribution in [3.8, 4) is 11.5 Å². The van der Waals surface area contributed by atoms with Gasteiger partial charge >= 0.3 is 5.76 Å². The first kappa shape index (κ1) is 31.6. The highest BCUT2D eigenvalue weighted by Gasteiger charge is 2.51. The molecule has 13 heteroatoms. The van der Waals surface area contributed by atoms with Gasteiger partial charge < -0.3 is 14.1 Å². The molecule has 1 spiro atoms. The first-order valence-electron chi connectivity index (χ1n) is 17.3. The molecule has 4 aliphatic rings. The van der Waals surface area contributed by atoms with E-state index in [2.05, 4.69) is 40.1 Å². The Bertz CT molecular complexity index is 1990. The van der Waals surface area contributed by atoms with Crippen LogP contribution < -0.4 is 10.7 Å². The Labute approximate surface area is 283 Å². The predicted molar refractivity (Wildman–Crippen MR) is 183 cm³/mol. The molecule has 4 aliphatic heterocycles. The van der Waals surface area contributed by atoms with Crippen LogP contribution in [-0.4, -0.2) is 98.1 Å². The lowest BCUT2D eigenvalue weighted by Gasteiger charge is -2.31. The highest BCUT2D eigenvalue weighted by Crippen LogP contribution is 2.43. The average Bonchev–Trinajstić information content (AvgIpc) is 3.87. The van der Waals surface area contributed by atoms with Crippen molar-refractivity contribution in [2.45, 2.75) is 64.1 Å². The van der Waals surface area contributed by atoms with Gasteiger partial charge in [-0.05, 0) is 87.9 Å². The smallest absolute Gasteiger partial charge is 0.388 e. The van der Waals surface area contributed by atoms with Crippen molar-refractivity contribution < 1.29 is 18.7 Å². The van der Waals surface area contributed by atoms with E-state index in [0.717, 1.165) is 66.5 Å². The molecule has 0 saturated carbocycles. The number of anilines is 1. The Hall–Kier alpha value is -4.62. The molecular weight excluding hydrogens is 624 g/mol. The summed E-state index contributed by atoms with van der Waals surface area (Å²) in [6.07, 6.45) is 6.49. The molecule has 3 saturated heterocycles. The van der Waals surface area contributed by atoms with Crippen molar-refractivity contribution in [2.75, 3.05) is 44.2 Å². The first-order chi connectivity index (χ1) is 23.7. The van der Waals surface area contributed by atoms with Crippen molar-refractivity contribution >= 4 is 34.2 Å². The molecule has 1 aromatic carbocycles. The molecule has 2 amide bonds. The number of aryl methyl sites for hydroxylation is 1. The number of likely N-dealkylation sites (tertiary alicyclic amines) is 1. The second-order valence-electron chi connectivity index (χ2n) is 14.2. The van der Waals surface area contributed by atoms with Crippen LogP contribution in [0.5, 0.6) is 0 Å². The van der Waals surface area contributed by atoms with Crippen molar-refractivity contribution in [2.24, 2.45) is 12.5 Å². The van der Waals surface area contributed by atoms with Crippen molar-refractivity contribution in [1.82, 2.24) is 34.8 Å². The number of carbonyl (C=O) groups excluding carboxylic acids is 2. The number of aromatic nitrogens is 5. The summed E-state index contributed by atoms with van der Waals surface area (Å²) < 4.78 is 12.3. The second kappa shape index (κ2) is 12.4. The average molecular weight is 667 g/mol. The number of ether oxygens (including phenoxy) is 1. The Morgan fingerprint density at radius 1 is 1.00 bits per heavy atom. The van der Waals surface area contributed by atoms with Gasteiger partial charge in [-0.25, -0.2) is 9.78 Å². The van der Waals surface area contributed by atoms with E-state index in [-0.39, 0.29) is 29.9 Å². The zero-order chi connectivity index (χ0) is 33.9. The number of H-pyrrole nitrogens is 1. The number of carbonyl (C=O) groups is 2. The van der Waals surface area contributed by atoms with Gasteiger partial charge in [0.1, 0.15) is 11.3 Å². The largest absolute Gasteiger partial charge is 0.437 e. The lowest BCUT2D eigenvalue weighted by molar-refractivity contribution is -0.132. The summed E-state index contributed by atoms with van der Waals surface area (Å²) in [5.74, 6) is 0.926. The van der Waals surface area contributed by atoms with Gasteiger partial charge in [-0.3, -0.25) is 24.5 Å². The van der Waals surface area contributed by atoms with Gasteiger partial charge in [0.2, 0.25) is 17.7 Å². The zero-order valence-electron chi connectivity index (χ0n) is 28.2. The lowest BCUT2D eigenvalue weighted by atomic mass is 9.85. The third-order valence-electron chi connectivity index (χ3n) is 10.8. The molecule has 256 valence electrons. The van der Waals surface area contributed by atoms with E-state index in [9.17, 15) is 14.4 Å². The maximum Gasteiger partial charge on any atom is 0.437 e. The number of aromatic amines is 1. The molecule has 7 heterocycles. The molecule has 49 heavy (non-hydrogen) atoms. The van der Waals surface area contributed by atoms with Gasteiger partial charge in [-0.15, -0.1) is 5.10 Å². The monoisotopic (exact) mass is 666 g/mol. The maximum absolute atomic E-state index is 14.0. The number of hydrogen-bond donors (Lipinski definition) is 1. The highest BCUT2D eigenvalue weighted by molar-refractivity contribution is 6.00. The van der Waals surface area contributed by atoms with Crippen LogP contribution >= 0.6 is 0 Å². The SMILES string of the molecule is C[C@@H]1CC(c2n[nH]c3ccc(N4CC[C@]5(CCN(CC(=O)N6CC=C(c7ccc(-c8nn(C)c(=O)o8)cc7)CC6)C5)C4=O)nc23)C[C@H](C)O1. The van der Waals surface area contributed by atoms with Crippen LogP contribution in [-0.2, 0) is 21.4 Å². The Morgan fingerprint density at radius 2 is 1.76 bits per heavy atom. The summed E-state index contributed by atoms with van der Waals surface area (Å²) in [7, 11) is 1.55. The lowest BCUT2D eigenvalue weighted by Crippen LogP contribution is -2.43. The minimum atomic E-state index is -0.496. The summed E-state index contributed by atoms with van der Waals surface area (Å²) in [4.78, 5) is 49.9. The van der Waals surface area contributed by atoms with E-state index in [1.165, 1.54) is 10.3 Å². The van der Waals surface area contributed by atoms with Gasteiger partial charge in [-0.1, -0.05) is 18.2 Å². The Balaban J connectivity index is 0.884. The summed E-state index contributed by atoms with van der Waals surface area (Å²) >= 11 is 0. The van der Waals surface area contributed by atoms with Gasteiger partial charge in [0.25, 0.3) is 0 Å². The number of benzene rings is 1. The summed E-state index contributed by atoms with van der Waals surface area (Å²) in [6.45, 7) is 7.64. The molecule has 3 aromatic heterocycles. The number of fused-ring (bicyclic) bond motifs is 1. The topological polar surface area (TPSA) is 143 Å². The van der Waals surface area contributed by atoms with E-state index in [1.54, 1.807) is 7.05 Å². The minimum Gasteiger partial charge on any atom is -0.388 e. The minimum absolute atomic E-state index is 0.0894. The molecule has 4 atom stereocenters. The molecule has 0 bridgehead atoms. The van der Waals surface area contributed by atoms with Gasteiger partial charge in [0.15, 0.2) is 0 Å².